The predicted molar refractivity (Wildman–Crippen MR) is 110 cm³/mol. The van der Waals surface area contributed by atoms with Gasteiger partial charge >= 0.3 is 0 Å². The van der Waals surface area contributed by atoms with Crippen molar-refractivity contribution in [2.45, 2.75) is 6.54 Å². The molecular weight excluding hydrogens is 356 g/mol. The fourth-order valence-corrected chi connectivity index (χ4v) is 3.77. The Morgan fingerprint density at radius 2 is 1.78 bits per heavy atom. The maximum atomic E-state index is 12.3. The molecule has 2 heterocycles. The molecule has 0 aliphatic rings. The summed E-state index contributed by atoms with van der Waals surface area (Å²) >= 11 is 1.62. The Balaban J connectivity index is 1.45. The van der Waals surface area contributed by atoms with Crippen molar-refractivity contribution in [3.8, 4) is 10.6 Å². The molecule has 4 rings (SSSR count). The molecule has 0 spiro atoms. The lowest BCUT2D eigenvalue weighted by Crippen LogP contribution is -2.28. The van der Waals surface area contributed by atoms with Gasteiger partial charge in [0.25, 0.3) is 0 Å². The highest BCUT2D eigenvalue weighted by Gasteiger charge is 2.12. The normalized spacial score (nSPS) is 10.8. The molecule has 0 bridgehead atoms. The summed E-state index contributed by atoms with van der Waals surface area (Å²) in [4.78, 5) is 21.3. The molecule has 2 aromatic heterocycles. The lowest BCUT2D eigenvalue weighted by atomic mass is 10.2. The number of carbonyl (C=O) groups is 1. The number of hydrogen-bond acceptors (Lipinski definition) is 5. The molecule has 27 heavy (non-hydrogen) atoms. The standard InChI is InChI=1S/C21H18N4OS/c26-20(14-22-13-15-7-5-6-12-23-15)24-17-9-2-1-8-16(17)21-25-18-10-3-4-11-19(18)27-21/h1-12,22H,13-14H2,(H,24,26). The number of amides is 1. The molecule has 2 aromatic carbocycles. The third kappa shape index (κ3) is 4.19. The second-order valence-corrected chi connectivity index (χ2v) is 7.04. The molecular formula is C21H18N4OS. The number of hydrogen-bond donors (Lipinski definition) is 2. The molecule has 0 atom stereocenters. The highest BCUT2D eigenvalue weighted by Crippen LogP contribution is 2.34. The highest BCUT2D eigenvalue weighted by atomic mass is 32.1. The summed E-state index contributed by atoms with van der Waals surface area (Å²) in [5.74, 6) is -0.0977. The van der Waals surface area contributed by atoms with E-state index in [1.165, 1.54) is 0 Å². The number of para-hydroxylation sites is 2. The average molecular weight is 374 g/mol. The Bertz CT molecular complexity index is 1030. The molecule has 0 saturated heterocycles. The van der Waals surface area contributed by atoms with Crippen molar-refractivity contribution in [1.29, 1.82) is 0 Å². The Labute approximate surface area is 161 Å². The minimum absolute atomic E-state index is 0.0977. The summed E-state index contributed by atoms with van der Waals surface area (Å²) in [5, 5.41) is 7.00. The summed E-state index contributed by atoms with van der Waals surface area (Å²) in [5.41, 5.74) is 3.56. The van der Waals surface area contributed by atoms with Crippen LogP contribution in [0.15, 0.2) is 72.9 Å². The van der Waals surface area contributed by atoms with Gasteiger partial charge in [-0.3, -0.25) is 9.78 Å². The van der Waals surface area contributed by atoms with Gasteiger partial charge in [-0.2, -0.15) is 0 Å². The van der Waals surface area contributed by atoms with Crippen LogP contribution in [-0.4, -0.2) is 22.4 Å². The Morgan fingerprint density at radius 1 is 0.963 bits per heavy atom. The molecule has 0 fully saturated rings. The maximum absolute atomic E-state index is 12.3. The summed E-state index contributed by atoms with van der Waals surface area (Å²) < 4.78 is 1.13. The van der Waals surface area contributed by atoms with E-state index in [4.69, 9.17) is 4.98 Å². The number of thiazole rings is 1. The van der Waals surface area contributed by atoms with Crippen LogP contribution >= 0.6 is 11.3 Å². The first-order valence-corrected chi connectivity index (χ1v) is 9.47. The zero-order valence-corrected chi connectivity index (χ0v) is 15.4. The van der Waals surface area contributed by atoms with Gasteiger partial charge in [-0.1, -0.05) is 30.3 Å². The van der Waals surface area contributed by atoms with E-state index in [9.17, 15) is 4.79 Å². The smallest absolute Gasteiger partial charge is 0.238 e. The molecule has 0 unspecified atom stereocenters. The zero-order valence-electron chi connectivity index (χ0n) is 14.6. The van der Waals surface area contributed by atoms with E-state index in [0.717, 1.165) is 32.2 Å². The molecule has 2 N–H and O–H groups in total. The van der Waals surface area contributed by atoms with Gasteiger partial charge < -0.3 is 10.6 Å². The van der Waals surface area contributed by atoms with Gasteiger partial charge in [0, 0.05) is 18.3 Å². The number of nitrogens with one attached hydrogen (secondary N) is 2. The van der Waals surface area contributed by atoms with Gasteiger partial charge in [0.2, 0.25) is 5.91 Å². The maximum Gasteiger partial charge on any atom is 0.238 e. The minimum Gasteiger partial charge on any atom is -0.324 e. The summed E-state index contributed by atoms with van der Waals surface area (Å²) in [6.07, 6.45) is 1.74. The molecule has 0 aliphatic carbocycles. The van der Waals surface area contributed by atoms with Crippen molar-refractivity contribution in [3.05, 3.63) is 78.6 Å². The van der Waals surface area contributed by atoms with Crippen molar-refractivity contribution in [1.82, 2.24) is 15.3 Å². The Kier molecular flexibility index (Phi) is 5.18. The first-order chi connectivity index (χ1) is 13.3. The van der Waals surface area contributed by atoms with E-state index in [1.807, 2.05) is 60.7 Å². The van der Waals surface area contributed by atoms with E-state index in [0.29, 0.717) is 6.54 Å². The van der Waals surface area contributed by atoms with Crippen molar-refractivity contribution in [2.24, 2.45) is 0 Å². The molecule has 1 amide bonds. The fourth-order valence-electron chi connectivity index (χ4n) is 2.77. The van der Waals surface area contributed by atoms with Crippen LogP contribution in [0.4, 0.5) is 5.69 Å². The van der Waals surface area contributed by atoms with Crippen LogP contribution in [-0.2, 0) is 11.3 Å². The number of fused-ring (bicyclic) bond motifs is 1. The summed E-state index contributed by atoms with van der Waals surface area (Å²) in [6, 6.07) is 21.5. The zero-order chi connectivity index (χ0) is 18.5. The van der Waals surface area contributed by atoms with Gasteiger partial charge in [-0.25, -0.2) is 4.98 Å². The number of anilines is 1. The summed E-state index contributed by atoms with van der Waals surface area (Å²) in [6.45, 7) is 0.762. The lowest BCUT2D eigenvalue weighted by molar-refractivity contribution is -0.115. The van der Waals surface area contributed by atoms with E-state index in [-0.39, 0.29) is 12.5 Å². The third-order valence-corrected chi connectivity index (χ3v) is 5.11. The topological polar surface area (TPSA) is 66.9 Å². The van der Waals surface area contributed by atoms with Crippen LogP contribution < -0.4 is 10.6 Å². The van der Waals surface area contributed by atoms with E-state index < -0.39 is 0 Å². The largest absolute Gasteiger partial charge is 0.324 e. The van der Waals surface area contributed by atoms with E-state index in [1.54, 1.807) is 17.5 Å². The van der Waals surface area contributed by atoms with Crippen molar-refractivity contribution < 1.29 is 4.79 Å². The summed E-state index contributed by atoms with van der Waals surface area (Å²) in [7, 11) is 0. The number of carbonyl (C=O) groups excluding carboxylic acids is 1. The second kappa shape index (κ2) is 8.07. The number of rotatable bonds is 6. The van der Waals surface area contributed by atoms with E-state index in [2.05, 4.69) is 21.7 Å². The predicted octanol–water partition coefficient (Wildman–Crippen LogP) is 4.09. The SMILES string of the molecule is O=C(CNCc1ccccn1)Nc1ccccc1-c1nc2ccccc2s1. The van der Waals surface area contributed by atoms with Gasteiger partial charge in [0.15, 0.2) is 0 Å². The van der Waals surface area contributed by atoms with Crippen LogP contribution in [0.1, 0.15) is 5.69 Å². The van der Waals surface area contributed by atoms with Crippen LogP contribution in [0.3, 0.4) is 0 Å². The molecule has 134 valence electrons. The Morgan fingerprint density at radius 3 is 2.63 bits per heavy atom. The van der Waals surface area contributed by atoms with Crippen molar-refractivity contribution in [2.75, 3.05) is 11.9 Å². The van der Waals surface area contributed by atoms with Gasteiger partial charge in [0.1, 0.15) is 5.01 Å². The van der Waals surface area contributed by atoms with Crippen LogP contribution in [0.2, 0.25) is 0 Å². The monoisotopic (exact) mass is 374 g/mol. The number of pyridine rings is 1. The van der Waals surface area contributed by atoms with Crippen molar-refractivity contribution in [3.63, 3.8) is 0 Å². The molecule has 4 aromatic rings. The molecule has 0 aliphatic heterocycles. The fraction of sp³-hybridized carbons (Fsp3) is 0.0952. The Hall–Kier alpha value is -3.09. The quantitative estimate of drug-likeness (QED) is 0.533. The van der Waals surface area contributed by atoms with Crippen LogP contribution in [0.25, 0.3) is 20.8 Å². The number of benzene rings is 2. The van der Waals surface area contributed by atoms with Crippen LogP contribution in [0.5, 0.6) is 0 Å². The third-order valence-electron chi connectivity index (χ3n) is 4.04. The van der Waals surface area contributed by atoms with Gasteiger partial charge in [-0.05, 0) is 36.4 Å². The average Bonchev–Trinajstić information content (AvgIpc) is 3.13. The highest BCUT2D eigenvalue weighted by molar-refractivity contribution is 7.21. The lowest BCUT2D eigenvalue weighted by Gasteiger charge is -2.10. The number of nitrogens with zero attached hydrogens (tertiary/aromatic N) is 2. The first kappa shape index (κ1) is 17.3. The van der Waals surface area contributed by atoms with Crippen LogP contribution in [0, 0.1) is 0 Å². The molecule has 5 nitrogen and oxygen atoms in total. The molecule has 6 heteroatoms. The number of aromatic nitrogens is 2. The van der Waals surface area contributed by atoms with Gasteiger partial charge in [0.05, 0.1) is 28.1 Å². The van der Waals surface area contributed by atoms with E-state index >= 15 is 0 Å². The second-order valence-electron chi connectivity index (χ2n) is 6.01. The van der Waals surface area contributed by atoms with Crippen molar-refractivity contribution >= 4 is 33.1 Å². The molecule has 0 radical (unpaired) electrons. The molecule has 0 saturated carbocycles. The first-order valence-electron chi connectivity index (χ1n) is 8.65. The van der Waals surface area contributed by atoms with Gasteiger partial charge in [-0.15, -0.1) is 11.3 Å². The minimum atomic E-state index is -0.0977.